The molecule has 15 nitrogen and oxygen atoms in total. The minimum absolute atomic E-state index is 0.000920. The molecule has 0 unspecified atom stereocenters. The predicted octanol–water partition coefficient (Wildman–Crippen LogP) is 10.8. The van der Waals surface area contributed by atoms with E-state index >= 15 is 0 Å². The molecule has 2 aliphatic rings. The number of aromatic nitrogens is 8. The molecule has 388 valence electrons. The maximum absolute atomic E-state index is 14.8. The Morgan fingerprint density at radius 2 is 1.12 bits per heavy atom. The van der Waals surface area contributed by atoms with Crippen molar-refractivity contribution >= 4 is 103 Å². The largest absolute Gasteiger partial charge is 0.355 e. The molecule has 8 heterocycles. The Bertz CT molecular complexity index is 3210. The molecule has 4 atom stereocenters. The number of fused-ring (bicyclic) bond motifs is 2. The second-order valence-corrected chi connectivity index (χ2v) is 21.2. The minimum atomic E-state index is -0.709. The quantitative estimate of drug-likeness (QED) is 0.0550. The highest BCUT2D eigenvalue weighted by Gasteiger charge is 2.35. The van der Waals surface area contributed by atoms with E-state index in [1.165, 1.54) is 50.9 Å². The summed E-state index contributed by atoms with van der Waals surface area (Å²) in [5, 5.41) is -0.299. The summed E-state index contributed by atoms with van der Waals surface area (Å²) in [6, 6.07) is 6.11. The Hall–Kier alpha value is -5.47. The summed E-state index contributed by atoms with van der Waals surface area (Å²) in [5.41, 5.74) is 2.08. The van der Waals surface area contributed by atoms with Gasteiger partial charge in [0.15, 0.2) is 33.2 Å². The van der Waals surface area contributed by atoms with Gasteiger partial charge in [-0.3, -0.25) is 19.6 Å². The first kappa shape index (κ1) is 56.8. The third-order valence-corrected chi connectivity index (χ3v) is 14.8. The lowest BCUT2D eigenvalue weighted by atomic mass is 9.95. The van der Waals surface area contributed by atoms with E-state index < -0.39 is 28.3 Å². The molecule has 0 N–H and O–H groups in total. The summed E-state index contributed by atoms with van der Waals surface area (Å²) in [4.78, 5) is 83.0. The zero-order chi connectivity index (χ0) is 53.7. The third-order valence-electron chi connectivity index (χ3n) is 12.6. The average Bonchev–Trinajstić information content (AvgIpc) is 3.35. The van der Waals surface area contributed by atoms with Gasteiger partial charge in [-0.2, -0.15) is 9.97 Å². The number of hydrogen-bond acceptors (Lipinski definition) is 14. The number of allylic oxidation sites excluding steroid dienone is 1. The van der Waals surface area contributed by atoms with E-state index in [0.717, 1.165) is 40.9 Å². The van der Waals surface area contributed by atoms with E-state index in [1.54, 1.807) is 17.3 Å². The molecule has 2 aliphatic heterocycles. The van der Waals surface area contributed by atoms with Crippen molar-refractivity contribution in [3.8, 4) is 11.4 Å². The van der Waals surface area contributed by atoms with Gasteiger partial charge in [-0.25, -0.2) is 37.5 Å². The Morgan fingerprint density at radius 3 is 1.52 bits per heavy atom. The number of thioether (sulfide) groups is 2. The third kappa shape index (κ3) is 12.1. The molecule has 8 rings (SSSR count). The number of nitrogens with zero attached hydrogens (tertiary/aromatic N) is 11. The van der Waals surface area contributed by atoms with E-state index in [-0.39, 0.29) is 51.8 Å². The van der Waals surface area contributed by atoms with Crippen molar-refractivity contribution in [3.63, 3.8) is 0 Å². The molecule has 73 heavy (non-hydrogen) atoms. The fourth-order valence-corrected chi connectivity index (χ4v) is 10.4. The highest BCUT2D eigenvalue weighted by atomic mass is 35.5. The number of halogens is 5. The normalized spacial score (nSPS) is 17.8. The van der Waals surface area contributed by atoms with Gasteiger partial charge < -0.3 is 14.7 Å². The van der Waals surface area contributed by atoms with Gasteiger partial charge in [-0.15, -0.1) is 23.5 Å². The van der Waals surface area contributed by atoms with Crippen LogP contribution >= 0.6 is 58.3 Å². The number of carbonyl (C=O) groups is 2. The maximum Gasteiger partial charge on any atom is 0.355 e. The smallest absolute Gasteiger partial charge is 0.353 e. The Balaban J connectivity index is 0.000000219. The molecule has 0 bridgehead atoms. The summed E-state index contributed by atoms with van der Waals surface area (Å²) in [7, 11) is 0. The fraction of sp³-hybridized carbons (Fsp3) is 0.412. The second kappa shape index (κ2) is 24.3. The summed E-state index contributed by atoms with van der Waals surface area (Å²) >= 11 is 19.9. The number of rotatable bonds is 10. The van der Waals surface area contributed by atoms with Crippen LogP contribution in [0.5, 0.6) is 0 Å². The van der Waals surface area contributed by atoms with Crippen molar-refractivity contribution in [1.29, 1.82) is 0 Å². The number of piperazine rings is 1. The molecular weight excluding hydrogens is 1040 g/mol. The van der Waals surface area contributed by atoms with Crippen LogP contribution in [-0.4, -0.2) is 105 Å². The molecule has 22 heteroatoms. The first-order chi connectivity index (χ1) is 34.6. The highest BCUT2D eigenvalue weighted by molar-refractivity contribution is 7.99. The van der Waals surface area contributed by atoms with Crippen LogP contribution in [-0.2, 0) is 9.59 Å². The molecule has 2 saturated heterocycles. The van der Waals surface area contributed by atoms with Crippen LogP contribution in [0.25, 0.3) is 33.4 Å². The molecule has 0 aromatic carbocycles. The summed E-state index contributed by atoms with van der Waals surface area (Å²) in [6.07, 6.45) is 11.7. The van der Waals surface area contributed by atoms with Gasteiger partial charge in [0.1, 0.15) is 11.6 Å². The van der Waals surface area contributed by atoms with E-state index in [4.69, 9.17) is 34.8 Å². The number of anilines is 2. The van der Waals surface area contributed by atoms with Crippen LogP contribution in [0.4, 0.5) is 20.4 Å². The lowest BCUT2D eigenvalue weighted by molar-refractivity contribution is -0.128. The van der Waals surface area contributed by atoms with Crippen molar-refractivity contribution in [2.45, 2.75) is 108 Å². The van der Waals surface area contributed by atoms with Crippen molar-refractivity contribution in [1.82, 2.24) is 43.9 Å². The summed E-state index contributed by atoms with van der Waals surface area (Å²) in [5.74, 6) is -0.235. The average molecular weight is 1100 g/mol. The van der Waals surface area contributed by atoms with E-state index in [9.17, 15) is 28.0 Å². The van der Waals surface area contributed by atoms with Crippen molar-refractivity contribution < 1.29 is 18.4 Å². The van der Waals surface area contributed by atoms with Crippen LogP contribution < -0.4 is 21.2 Å². The standard InChI is InChI=1S/C25H28ClFN6O2S.C23H27ClFN5OS.C3H3ClO/c1-7-19(34)31-11-15(5)32(12-14(31)4)23-16-10-17(27)22(26)29-24(16)33(25(35)30-23)21-18(36-6)8-9-28-20(21)13(2)3;1-12(2)18-19(17(32-5)8-9-26-18)30-22-15(10-16(25)20(24)27-22)21(28-23(30)31)29-11-13(3)6-7-14(29)4;1-2-3(4)5/h7-10,13-15H,1,11-12H2,2-6H3;8-10,12-14H,6-7,11H2,1-5H3;2H,1H2/t14-,15+;13-,14-;/m10./s1. The van der Waals surface area contributed by atoms with Crippen LogP contribution in [0, 0.1) is 17.6 Å². The first-order valence-electron chi connectivity index (χ1n) is 23.5. The molecular formula is C51H58Cl3F2N11O4S2. The molecule has 2 fully saturated rings. The van der Waals surface area contributed by atoms with Crippen molar-refractivity contribution in [3.05, 3.63) is 116 Å². The molecule has 0 radical (unpaired) electrons. The van der Waals surface area contributed by atoms with Gasteiger partial charge in [-0.05, 0) is 112 Å². The molecule has 6 aromatic heterocycles. The summed E-state index contributed by atoms with van der Waals surface area (Å²) in [6.45, 7) is 24.3. The molecule has 0 saturated carbocycles. The van der Waals surface area contributed by atoms with Crippen LogP contribution in [0.15, 0.2) is 81.3 Å². The monoisotopic (exact) mass is 1100 g/mol. The van der Waals surface area contributed by atoms with Gasteiger partial charge in [-0.1, -0.05) is 71.0 Å². The van der Waals surface area contributed by atoms with Gasteiger partial charge in [0.25, 0.3) is 0 Å². The van der Waals surface area contributed by atoms with Crippen LogP contribution in [0.3, 0.4) is 0 Å². The number of carbonyl (C=O) groups excluding carboxylic acids is 2. The minimum Gasteiger partial charge on any atom is -0.353 e. The van der Waals surface area contributed by atoms with E-state index in [0.29, 0.717) is 64.1 Å². The zero-order valence-corrected chi connectivity index (χ0v) is 46.2. The van der Waals surface area contributed by atoms with Crippen molar-refractivity contribution in [2.24, 2.45) is 5.92 Å². The van der Waals surface area contributed by atoms with Gasteiger partial charge in [0.05, 0.1) is 33.5 Å². The van der Waals surface area contributed by atoms with E-state index in [1.807, 2.05) is 71.1 Å². The van der Waals surface area contributed by atoms with Crippen LogP contribution in [0.2, 0.25) is 10.3 Å². The fourth-order valence-electron chi connectivity index (χ4n) is 8.97. The number of piperidine rings is 1. The second-order valence-electron chi connectivity index (χ2n) is 18.4. The Morgan fingerprint density at radius 1 is 0.685 bits per heavy atom. The zero-order valence-electron chi connectivity index (χ0n) is 42.3. The van der Waals surface area contributed by atoms with E-state index in [2.05, 4.69) is 61.8 Å². The summed E-state index contributed by atoms with van der Waals surface area (Å²) < 4.78 is 32.2. The molecule has 0 aliphatic carbocycles. The maximum atomic E-state index is 14.8. The lowest BCUT2D eigenvalue weighted by Crippen LogP contribution is -2.58. The number of hydrogen-bond donors (Lipinski definition) is 0. The SMILES string of the molecule is C=CC(=O)Cl.C=CC(=O)N1C[C@H](C)N(c2nc(=O)n(-c3c(SC)ccnc3C(C)C)c3nc(Cl)c(F)cc23)C[C@H]1C.CSc1ccnc(C(C)C)c1-n1c(=O)nc(N2C[C@@H](C)CC[C@@H]2C)c2cc(F)c(Cl)nc21. The lowest BCUT2D eigenvalue weighted by Gasteiger charge is -2.44. The number of amides is 1. The first-order valence-corrected chi connectivity index (χ1v) is 27.1. The Labute approximate surface area is 446 Å². The van der Waals surface area contributed by atoms with Gasteiger partial charge in [0, 0.05) is 59.9 Å². The number of pyridine rings is 4. The van der Waals surface area contributed by atoms with Gasteiger partial charge in [0.2, 0.25) is 11.1 Å². The van der Waals surface area contributed by atoms with Gasteiger partial charge >= 0.3 is 11.4 Å². The predicted molar refractivity (Wildman–Crippen MR) is 292 cm³/mol. The molecule has 6 aromatic rings. The Kier molecular flexibility index (Phi) is 18.9. The van der Waals surface area contributed by atoms with Crippen LogP contribution in [0.1, 0.15) is 91.5 Å². The molecule has 0 spiro atoms. The highest BCUT2D eigenvalue weighted by Crippen LogP contribution is 2.37. The molecule has 1 amide bonds. The topological polar surface area (TPSA) is 165 Å². The van der Waals surface area contributed by atoms with Crippen molar-refractivity contribution in [2.75, 3.05) is 41.9 Å².